The maximum Gasteiger partial charge on any atom is 0.282 e. The van der Waals surface area contributed by atoms with E-state index in [1.54, 1.807) is 30.3 Å². The molecule has 1 fully saturated rings. The van der Waals surface area contributed by atoms with Gasteiger partial charge in [-0.2, -0.15) is 0 Å². The molecular formula is C24H19Cl2N3O4S. The number of fused-ring (bicyclic) bond motifs is 3. The molecular weight excluding hydrogens is 497 g/mol. The van der Waals surface area contributed by atoms with Crippen LogP contribution in [0.3, 0.4) is 0 Å². The van der Waals surface area contributed by atoms with Gasteiger partial charge in [-0.15, -0.1) is 23.4 Å². The van der Waals surface area contributed by atoms with Gasteiger partial charge in [0.15, 0.2) is 0 Å². The van der Waals surface area contributed by atoms with Crippen molar-refractivity contribution in [1.29, 1.82) is 0 Å². The second-order valence-corrected chi connectivity index (χ2v) is 10.6. The summed E-state index contributed by atoms with van der Waals surface area (Å²) in [6.45, 7) is 0. The van der Waals surface area contributed by atoms with Crippen LogP contribution in [0.2, 0.25) is 5.02 Å². The lowest BCUT2D eigenvalue weighted by molar-refractivity contribution is -0.387. The number of anilines is 1. The molecule has 0 aromatic heterocycles. The molecule has 7 nitrogen and oxygen atoms in total. The molecule has 1 N–H and O–H groups in total. The smallest absolute Gasteiger partial charge is 0.282 e. The molecule has 34 heavy (non-hydrogen) atoms. The first kappa shape index (κ1) is 23.0. The Kier molecular flexibility index (Phi) is 6.14. The Morgan fingerprint density at radius 3 is 2.38 bits per heavy atom. The molecule has 0 bridgehead atoms. The van der Waals surface area contributed by atoms with E-state index in [1.165, 1.54) is 30.0 Å². The molecule has 1 saturated carbocycles. The van der Waals surface area contributed by atoms with Gasteiger partial charge in [0.1, 0.15) is 0 Å². The van der Waals surface area contributed by atoms with Crippen molar-refractivity contribution in [2.75, 3.05) is 5.32 Å². The summed E-state index contributed by atoms with van der Waals surface area (Å²) in [5, 5.41) is 26.4. The van der Waals surface area contributed by atoms with Crippen LogP contribution >= 0.6 is 35.0 Å². The zero-order valence-electron chi connectivity index (χ0n) is 17.6. The van der Waals surface area contributed by atoms with Crippen LogP contribution in [0.5, 0.6) is 0 Å². The number of nitro groups is 2. The first-order valence-electron chi connectivity index (χ1n) is 10.7. The Morgan fingerprint density at radius 2 is 1.68 bits per heavy atom. The molecule has 5 atom stereocenters. The molecule has 174 valence electrons. The van der Waals surface area contributed by atoms with Crippen molar-refractivity contribution in [3.63, 3.8) is 0 Å². The highest BCUT2D eigenvalue weighted by atomic mass is 35.5. The fraction of sp³-hybridized carbons (Fsp3) is 0.250. The molecule has 3 aromatic carbocycles. The zero-order chi connectivity index (χ0) is 24.0. The predicted molar refractivity (Wildman–Crippen MR) is 134 cm³/mol. The number of thioether (sulfide) groups is 1. The largest absolute Gasteiger partial charge is 0.376 e. The fourth-order valence-corrected chi connectivity index (χ4v) is 7.29. The standard InChI is InChI=1S/C24H19Cl2N3O4S/c25-17-5-3-4-15-21-16(23(27-24(15)17)13-8-10-14(11-9-13)28(30)31)12-20(22(21)26)34-19-7-2-1-6-18(19)29(32)33/h1-11,16,20-23,27H,12H2. The molecule has 0 amide bonds. The van der Waals surface area contributed by atoms with Gasteiger partial charge in [-0.25, -0.2) is 0 Å². The summed E-state index contributed by atoms with van der Waals surface area (Å²) < 4.78 is 0. The summed E-state index contributed by atoms with van der Waals surface area (Å²) in [5.74, 6) is 0.0484. The van der Waals surface area contributed by atoms with Gasteiger partial charge < -0.3 is 5.32 Å². The van der Waals surface area contributed by atoms with E-state index < -0.39 is 4.92 Å². The number of alkyl halides is 1. The Bertz CT molecular complexity index is 1270. The first-order valence-corrected chi connectivity index (χ1v) is 12.4. The van der Waals surface area contributed by atoms with Crippen LogP contribution in [-0.4, -0.2) is 20.5 Å². The number of halogens is 2. The Balaban J connectivity index is 1.53. The Labute approximate surface area is 209 Å². The van der Waals surface area contributed by atoms with Crippen LogP contribution in [0.15, 0.2) is 71.6 Å². The number of nitrogens with zero attached hydrogens (tertiary/aromatic N) is 2. The molecule has 0 saturated heterocycles. The van der Waals surface area contributed by atoms with Gasteiger partial charge in [0, 0.05) is 29.4 Å². The second-order valence-electron chi connectivity index (χ2n) is 8.43. The van der Waals surface area contributed by atoms with Crippen LogP contribution in [0, 0.1) is 26.1 Å². The molecule has 1 aliphatic carbocycles. The minimum absolute atomic E-state index is 0.0287. The van der Waals surface area contributed by atoms with Gasteiger partial charge >= 0.3 is 0 Å². The molecule has 5 unspecified atom stereocenters. The molecule has 3 aromatic rings. The van der Waals surface area contributed by atoms with Gasteiger partial charge in [0.25, 0.3) is 11.4 Å². The number of non-ortho nitro benzene ring substituents is 1. The summed E-state index contributed by atoms with van der Waals surface area (Å²) in [5.41, 5.74) is 2.85. The number of nitro benzene ring substituents is 2. The van der Waals surface area contributed by atoms with Gasteiger partial charge in [-0.3, -0.25) is 20.2 Å². The monoisotopic (exact) mass is 515 g/mol. The third kappa shape index (κ3) is 4.00. The SMILES string of the molecule is O=[N+]([O-])c1ccc(C2Nc3c(Cl)cccc3C3C(Cl)C(Sc4ccccc4[N+](=O)[O-])CC23)cc1. The number of benzene rings is 3. The average Bonchev–Trinajstić information content (AvgIpc) is 3.15. The lowest BCUT2D eigenvalue weighted by Crippen LogP contribution is -2.31. The summed E-state index contributed by atoms with van der Waals surface area (Å²) in [6, 6.07) is 18.8. The summed E-state index contributed by atoms with van der Waals surface area (Å²) in [6.07, 6.45) is 0.718. The van der Waals surface area contributed by atoms with Crippen molar-refractivity contribution >= 4 is 52.0 Å². The number of hydrogen-bond donors (Lipinski definition) is 1. The maximum absolute atomic E-state index is 11.5. The molecule has 5 rings (SSSR count). The second kappa shape index (κ2) is 9.09. The first-order chi connectivity index (χ1) is 16.3. The fourth-order valence-electron chi connectivity index (χ4n) is 5.11. The van der Waals surface area contributed by atoms with E-state index in [9.17, 15) is 20.2 Å². The van der Waals surface area contributed by atoms with E-state index in [1.807, 2.05) is 18.2 Å². The Morgan fingerprint density at radius 1 is 0.941 bits per heavy atom. The van der Waals surface area contributed by atoms with Crippen molar-refractivity contribution in [1.82, 2.24) is 0 Å². The van der Waals surface area contributed by atoms with Crippen LogP contribution < -0.4 is 5.32 Å². The predicted octanol–water partition coefficient (Wildman–Crippen LogP) is 7.20. The van der Waals surface area contributed by atoms with Gasteiger partial charge in [0.05, 0.1) is 36.9 Å². The van der Waals surface area contributed by atoms with Crippen LogP contribution in [0.1, 0.15) is 29.5 Å². The molecule has 1 aliphatic heterocycles. The lowest BCUT2D eigenvalue weighted by atomic mass is 9.77. The van der Waals surface area contributed by atoms with Crippen molar-refractivity contribution in [2.24, 2.45) is 5.92 Å². The summed E-state index contributed by atoms with van der Waals surface area (Å²) in [7, 11) is 0. The van der Waals surface area contributed by atoms with E-state index in [0.29, 0.717) is 9.92 Å². The van der Waals surface area contributed by atoms with Gasteiger partial charge in [0.2, 0.25) is 0 Å². The van der Waals surface area contributed by atoms with Crippen LogP contribution in [0.4, 0.5) is 17.1 Å². The minimum Gasteiger partial charge on any atom is -0.376 e. The highest BCUT2D eigenvalue weighted by molar-refractivity contribution is 8.00. The van der Waals surface area contributed by atoms with Crippen LogP contribution in [0.25, 0.3) is 0 Å². The van der Waals surface area contributed by atoms with E-state index in [-0.39, 0.29) is 44.8 Å². The summed E-state index contributed by atoms with van der Waals surface area (Å²) >= 11 is 15.1. The lowest BCUT2D eigenvalue weighted by Gasteiger charge is -2.38. The van der Waals surface area contributed by atoms with Gasteiger partial charge in [-0.05, 0) is 35.6 Å². The number of hydrogen-bond acceptors (Lipinski definition) is 6. The number of rotatable bonds is 5. The molecule has 0 radical (unpaired) electrons. The average molecular weight is 516 g/mol. The Hall–Kier alpha value is -2.81. The maximum atomic E-state index is 11.5. The van der Waals surface area contributed by atoms with Crippen molar-refractivity contribution < 1.29 is 9.85 Å². The topological polar surface area (TPSA) is 98.3 Å². The zero-order valence-corrected chi connectivity index (χ0v) is 20.0. The quantitative estimate of drug-likeness (QED) is 0.219. The van der Waals surface area contributed by atoms with Gasteiger partial charge in [-0.1, -0.05) is 48.0 Å². The molecule has 0 spiro atoms. The van der Waals surface area contributed by atoms with E-state index in [0.717, 1.165) is 23.2 Å². The molecule has 2 aliphatic rings. The normalized spacial score (nSPS) is 25.2. The van der Waals surface area contributed by atoms with Crippen molar-refractivity contribution in [3.05, 3.63) is 103 Å². The van der Waals surface area contributed by atoms with E-state index in [2.05, 4.69) is 5.32 Å². The highest BCUT2D eigenvalue weighted by Gasteiger charge is 2.50. The molecule has 10 heteroatoms. The van der Waals surface area contributed by atoms with Crippen LogP contribution in [-0.2, 0) is 0 Å². The summed E-state index contributed by atoms with van der Waals surface area (Å²) in [4.78, 5) is 22.4. The van der Waals surface area contributed by atoms with Crippen molar-refractivity contribution in [2.45, 2.75) is 33.9 Å². The minimum atomic E-state index is -0.420. The highest BCUT2D eigenvalue weighted by Crippen LogP contribution is 2.59. The molecule has 1 heterocycles. The number of nitrogens with one attached hydrogen (secondary N) is 1. The number of para-hydroxylation sites is 2. The van der Waals surface area contributed by atoms with E-state index >= 15 is 0 Å². The third-order valence-electron chi connectivity index (χ3n) is 6.60. The van der Waals surface area contributed by atoms with Crippen molar-refractivity contribution in [3.8, 4) is 0 Å². The van der Waals surface area contributed by atoms with E-state index in [4.69, 9.17) is 23.2 Å². The third-order valence-corrected chi connectivity index (χ3v) is 9.03.